The van der Waals surface area contributed by atoms with E-state index in [4.69, 9.17) is 0 Å². The molecule has 1 heterocycles. The van der Waals surface area contributed by atoms with Gasteiger partial charge in [0.05, 0.1) is 13.0 Å². The van der Waals surface area contributed by atoms with Gasteiger partial charge in [-0.1, -0.05) is 6.92 Å². The van der Waals surface area contributed by atoms with Crippen LogP contribution in [0, 0.1) is 5.92 Å². The number of rotatable bonds is 4. The van der Waals surface area contributed by atoms with E-state index in [2.05, 4.69) is 9.72 Å². The summed E-state index contributed by atoms with van der Waals surface area (Å²) in [5.41, 5.74) is -0.392. The minimum Gasteiger partial charge on any atom is -0.469 e. The second kappa shape index (κ2) is 6.00. The fourth-order valence-electron chi connectivity index (χ4n) is 1.57. The molecule has 0 saturated carbocycles. The number of aromatic amines is 1. The Labute approximate surface area is 105 Å². The molecule has 0 radical (unpaired) electrons. The van der Waals surface area contributed by atoms with Crippen LogP contribution in [0.2, 0.25) is 0 Å². The van der Waals surface area contributed by atoms with Gasteiger partial charge in [-0.3, -0.25) is 14.4 Å². The molecule has 0 saturated heterocycles. The monoisotopic (exact) mass is 252 g/mol. The zero-order valence-corrected chi connectivity index (χ0v) is 10.6. The van der Waals surface area contributed by atoms with Crippen LogP contribution in [-0.2, 0) is 9.53 Å². The van der Waals surface area contributed by atoms with E-state index in [9.17, 15) is 14.4 Å². The molecule has 0 aliphatic carbocycles. The van der Waals surface area contributed by atoms with E-state index >= 15 is 0 Å². The normalized spacial score (nSPS) is 11.7. The van der Waals surface area contributed by atoms with Gasteiger partial charge in [0.15, 0.2) is 0 Å². The highest BCUT2D eigenvalue weighted by atomic mass is 16.5. The lowest BCUT2D eigenvalue weighted by Gasteiger charge is -2.19. The molecular weight excluding hydrogens is 236 g/mol. The van der Waals surface area contributed by atoms with Crippen LogP contribution < -0.4 is 5.56 Å². The third-order valence-corrected chi connectivity index (χ3v) is 2.55. The lowest BCUT2D eigenvalue weighted by molar-refractivity contribution is -0.145. The van der Waals surface area contributed by atoms with Crippen LogP contribution >= 0.6 is 0 Å². The van der Waals surface area contributed by atoms with E-state index in [1.165, 1.54) is 31.3 Å². The molecule has 18 heavy (non-hydrogen) atoms. The highest BCUT2D eigenvalue weighted by Crippen LogP contribution is 2.04. The summed E-state index contributed by atoms with van der Waals surface area (Å²) >= 11 is 0. The molecule has 0 aromatic carbocycles. The lowest BCUT2D eigenvalue weighted by atomic mass is 10.1. The first-order chi connectivity index (χ1) is 8.47. The molecule has 98 valence electrons. The van der Waals surface area contributed by atoms with E-state index in [1.54, 1.807) is 13.0 Å². The van der Waals surface area contributed by atoms with Crippen molar-refractivity contribution >= 4 is 11.9 Å². The fourth-order valence-corrected chi connectivity index (χ4v) is 1.57. The Balaban J connectivity index is 2.77. The van der Waals surface area contributed by atoms with Crippen molar-refractivity contribution in [3.63, 3.8) is 0 Å². The Bertz CT molecular complexity index is 495. The first-order valence-corrected chi connectivity index (χ1v) is 5.48. The number of nitrogens with one attached hydrogen (secondary N) is 1. The second-order valence-electron chi connectivity index (χ2n) is 4.02. The fraction of sp³-hybridized carbons (Fsp3) is 0.417. The number of nitrogens with zero attached hydrogens (tertiary/aromatic N) is 1. The number of aromatic nitrogens is 1. The maximum atomic E-state index is 12.0. The number of hydrogen-bond donors (Lipinski definition) is 1. The van der Waals surface area contributed by atoms with E-state index in [0.29, 0.717) is 0 Å². The summed E-state index contributed by atoms with van der Waals surface area (Å²) in [6, 6.07) is 3.02. The first-order valence-electron chi connectivity index (χ1n) is 5.48. The van der Waals surface area contributed by atoms with Gasteiger partial charge in [-0.05, 0) is 12.1 Å². The number of esters is 1. The van der Waals surface area contributed by atoms with Gasteiger partial charge in [0.25, 0.3) is 11.5 Å². The van der Waals surface area contributed by atoms with Gasteiger partial charge < -0.3 is 14.6 Å². The SMILES string of the molecule is COC(=O)C(C)CN(C)C(=O)c1ccc[nH]c1=O. The predicted molar refractivity (Wildman–Crippen MR) is 65.2 cm³/mol. The average molecular weight is 252 g/mol. The molecule has 1 unspecified atom stereocenters. The molecule has 1 aromatic rings. The average Bonchev–Trinajstić information content (AvgIpc) is 2.37. The number of amides is 1. The van der Waals surface area contributed by atoms with Gasteiger partial charge >= 0.3 is 5.97 Å². The summed E-state index contributed by atoms with van der Waals surface area (Å²) in [6.07, 6.45) is 1.45. The highest BCUT2D eigenvalue weighted by molar-refractivity contribution is 5.93. The summed E-state index contributed by atoms with van der Waals surface area (Å²) in [5, 5.41) is 0. The van der Waals surface area contributed by atoms with Crippen molar-refractivity contribution in [1.29, 1.82) is 0 Å². The van der Waals surface area contributed by atoms with Gasteiger partial charge in [0.2, 0.25) is 0 Å². The molecule has 6 heteroatoms. The van der Waals surface area contributed by atoms with Crippen molar-refractivity contribution in [3.05, 3.63) is 34.2 Å². The third-order valence-electron chi connectivity index (χ3n) is 2.55. The van der Waals surface area contributed by atoms with Gasteiger partial charge in [-0.15, -0.1) is 0 Å². The predicted octanol–water partition coefficient (Wildman–Crippen LogP) is 0.256. The summed E-state index contributed by atoms with van der Waals surface area (Å²) < 4.78 is 4.58. The van der Waals surface area contributed by atoms with Crippen LogP contribution in [0.3, 0.4) is 0 Å². The molecule has 1 atom stereocenters. The summed E-state index contributed by atoms with van der Waals surface area (Å²) in [6.45, 7) is 1.85. The molecule has 0 fully saturated rings. The zero-order chi connectivity index (χ0) is 13.7. The molecule has 6 nitrogen and oxygen atoms in total. The van der Waals surface area contributed by atoms with Crippen LogP contribution in [0.1, 0.15) is 17.3 Å². The number of methoxy groups -OCH3 is 1. The molecule has 1 amide bonds. The number of ether oxygens (including phenoxy) is 1. The van der Waals surface area contributed by atoms with Gasteiger partial charge in [0.1, 0.15) is 5.56 Å². The Kier molecular flexibility index (Phi) is 4.65. The van der Waals surface area contributed by atoms with Crippen molar-refractivity contribution in [1.82, 2.24) is 9.88 Å². The summed E-state index contributed by atoms with van der Waals surface area (Å²) in [7, 11) is 2.83. The van der Waals surface area contributed by atoms with E-state index in [1.807, 2.05) is 0 Å². The molecule has 0 aliphatic heterocycles. The number of H-pyrrole nitrogens is 1. The molecule has 0 aliphatic rings. The highest BCUT2D eigenvalue weighted by Gasteiger charge is 2.20. The van der Waals surface area contributed by atoms with Crippen molar-refractivity contribution < 1.29 is 14.3 Å². The molecule has 0 bridgehead atoms. The standard InChI is InChI=1S/C12H16N2O4/c1-8(12(17)18-3)7-14(2)11(16)9-5-4-6-13-10(9)15/h4-6,8H,7H2,1-3H3,(H,13,15). The Hall–Kier alpha value is -2.11. The van der Waals surface area contributed by atoms with Crippen LogP contribution in [0.25, 0.3) is 0 Å². The molecule has 1 rings (SSSR count). The van der Waals surface area contributed by atoms with Gasteiger partial charge in [-0.2, -0.15) is 0 Å². The van der Waals surface area contributed by atoms with Gasteiger partial charge in [0, 0.05) is 19.8 Å². The third kappa shape index (κ3) is 3.19. The van der Waals surface area contributed by atoms with Crippen LogP contribution in [-0.4, -0.2) is 42.5 Å². The number of pyridine rings is 1. The smallest absolute Gasteiger partial charge is 0.310 e. The minimum atomic E-state index is -0.444. The first kappa shape index (κ1) is 14.0. The topological polar surface area (TPSA) is 79.5 Å². The number of hydrogen-bond acceptors (Lipinski definition) is 4. The Morgan fingerprint density at radius 2 is 2.17 bits per heavy atom. The van der Waals surface area contributed by atoms with E-state index in [0.717, 1.165) is 0 Å². The van der Waals surface area contributed by atoms with Crippen molar-refractivity contribution in [3.8, 4) is 0 Å². The molecule has 0 spiro atoms. The van der Waals surface area contributed by atoms with Crippen molar-refractivity contribution in [2.24, 2.45) is 5.92 Å². The minimum absolute atomic E-state index is 0.0528. The number of carbonyl (C=O) groups is 2. The molecular formula is C12H16N2O4. The zero-order valence-electron chi connectivity index (χ0n) is 10.6. The maximum Gasteiger partial charge on any atom is 0.310 e. The Morgan fingerprint density at radius 3 is 2.72 bits per heavy atom. The quantitative estimate of drug-likeness (QED) is 0.779. The lowest BCUT2D eigenvalue weighted by Crippen LogP contribution is -2.36. The van der Waals surface area contributed by atoms with Gasteiger partial charge in [-0.25, -0.2) is 0 Å². The maximum absolute atomic E-state index is 12.0. The van der Waals surface area contributed by atoms with Crippen LogP contribution in [0.5, 0.6) is 0 Å². The summed E-state index contributed by atoms with van der Waals surface area (Å²) in [5.74, 6) is -1.25. The largest absolute Gasteiger partial charge is 0.469 e. The van der Waals surface area contributed by atoms with Crippen LogP contribution in [0.4, 0.5) is 0 Å². The summed E-state index contributed by atoms with van der Waals surface area (Å²) in [4.78, 5) is 38.4. The van der Waals surface area contributed by atoms with E-state index in [-0.39, 0.29) is 12.1 Å². The second-order valence-corrected chi connectivity index (χ2v) is 4.02. The number of carbonyl (C=O) groups excluding carboxylic acids is 2. The molecule has 1 N–H and O–H groups in total. The van der Waals surface area contributed by atoms with Crippen molar-refractivity contribution in [2.75, 3.05) is 20.7 Å². The Morgan fingerprint density at radius 1 is 1.50 bits per heavy atom. The van der Waals surface area contributed by atoms with Crippen molar-refractivity contribution in [2.45, 2.75) is 6.92 Å². The van der Waals surface area contributed by atoms with E-state index < -0.39 is 23.4 Å². The van der Waals surface area contributed by atoms with Crippen LogP contribution in [0.15, 0.2) is 23.1 Å². The molecule has 1 aromatic heterocycles.